The summed E-state index contributed by atoms with van der Waals surface area (Å²) in [6.45, 7) is 2.63. The molecule has 3 aliphatic carbocycles. The predicted molar refractivity (Wildman–Crippen MR) is 125 cm³/mol. The highest BCUT2D eigenvalue weighted by Gasteiger charge is 2.57. The van der Waals surface area contributed by atoms with Crippen LogP contribution >= 0.6 is 0 Å². The third-order valence-electron chi connectivity index (χ3n) is 8.15. The van der Waals surface area contributed by atoms with E-state index in [0.717, 1.165) is 55.7 Å². The van der Waals surface area contributed by atoms with E-state index in [-0.39, 0.29) is 11.2 Å². The van der Waals surface area contributed by atoms with E-state index >= 15 is 0 Å². The molecule has 3 fully saturated rings. The average Bonchev–Trinajstić information content (AvgIpc) is 3.52. The molecule has 172 valence electrons. The van der Waals surface area contributed by atoms with Crippen LogP contribution in [-0.4, -0.2) is 48.8 Å². The van der Waals surface area contributed by atoms with Gasteiger partial charge in [-0.3, -0.25) is 4.79 Å². The van der Waals surface area contributed by atoms with Crippen LogP contribution in [0.4, 0.5) is 11.8 Å². The van der Waals surface area contributed by atoms with E-state index in [1.54, 1.807) is 23.2 Å². The van der Waals surface area contributed by atoms with Crippen LogP contribution in [0, 0.1) is 17.8 Å². The number of ketones is 1. The second-order valence-electron chi connectivity index (χ2n) is 10.3. The van der Waals surface area contributed by atoms with Crippen LogP contribution in [0.3, 0.4) is 0 Å². The van der Waals surface area contributed by atoms with E-state index in [2.05, 4.69) is 36.2 Å². The first-order chi connectivity index (χ1) is 16.6. The topological polar surface area (TPSA) is 116 Å². The van der Waals surface area contributed by atoms with Gasteiger partial charge < -0.3 is 10.6 Å². The molecular weight excluding hydrogens is 428 g/mol. The van der Waals surface area contributed by atoms with Gasteiger partial charge in [0.15, 0.2) is 5.69 Å². The SMILES string of the molecule is Nc1nccc2c1CC[C@@]21CC1/C=C/C(=O)c1cn(Cc2cnc(N3CC4CC4C3)nc2)nn1. The fourth-order valence-corrected chi connectivity index (χ4v) is 6.02. The summed E-state index contributed by atoms with van der Waals surface area (Å²) in [5.41, 5.74) is 9.95. The number of piperidine rings is 1. The quantitative estimate of drug-likeness (QED) is 0.445. The third kappa shape index (κ3) is 3.21. The Morgan fingerprint density at radius 1 is 1.21 bits per heavy atom. The van der Waals surface area contributed by atoms with Crippen molar-refractivity contribution in [2.24, 2.45) is 17.8 Å². The van der Waals surface area contributed by atoms with Gasteiger partial charge in [0.25, 0.3) is 0 Å². The maximum atomic E-state index is 12.7. The molecule has 0 bridgehead atoms. The maximum Gasteiger partial charge on any atom is 0.225 e. The number of fused-ring (bicyclic) bond motifs is 3. The lowest BCUT2D eigenvalue weighted by Crippen LogP contribution is -2.24. The molecule has 4 heterocycles. The molecule has 34 heavy (non-hydrogen) atoms. The van der Waals surface area contributed by atoms with Gasteiger partial charge in [-0.1, -0.05) is 11.3 Å². The number of pyridine rings is 1. The molecule has 4 atom stereocenters. The van der Waals surface area contributed by atoms with E-state index in [4.69, 9.17) is 5.73 Å². The van der Waals surface area contributed by atoms with E-state index < -0.39 is 0 Å². The van der Waals surface area contributed by atoms with E-state index in [1.165, 1.54) is 17.5 Å². The monoisotopic (exact) mass is 454 g/mol. The van der Waals surface area contributed by atoms with E-state index in [1.807, 2.05) is 18.5 Å². The summed E-state index contributed by atoms with van der Waals surface area (Å²) in [7, 11) is 0. The van der Waals surface area contributed by atoms with Crippen molar-refractivity contribution in [1.82, 2.24) is 29.9 Å². The Kier molecular flexibility index (Phi) is 4.19. The van der Waals surface area contributed by atoms with Crippen molar-refractivity contribution in [2.45, 2.75) is 37.6 Å². The van der Waals surface area contributed by atoms with Crippen LogP contribution in [-0.2, 0) is 18.4 Å². The normalized spacial score (nSPS) is 28.5. The molecule has 1 saturated heterocycles. The molecule has 3 aromatic heterocycles. The highest BCUT2D eigenvalue weighted by molar-refractivity contribution is 6.02. The number of allylic oxidation sites excluding steroid dienone is 2. The number of hydrogen-bond acceptors (Lipinski definition) is 8. The molecule has 2 N–H and O–H groups in total. The predicted octanol–water partition coefficient (Wildman–Crippen LogP) is 2.19. The minimum Gasteiger partial charge on any atom is -0.383 e. The van der Waals surface area contributed by atoms with Crippen LogP contribution in [0.25, 0.3) is 0 Å². The van der Waals surface area contributed by atoms with Gasteiger partial charge in [0, 0.05) is 42.7 Å². The molecule has 0 aromatic carbocycles. The van der Waals surface area contributed by atoms with Gasteiger partial charge in [-0.15, -0.1) is 5.10 Å². The summed E-state index contributed by atoms with van der Waals surface area (Å²) in [5, 5.41) is 8.21. The average molecular weight is 455 g/mol. The fraction of sp³-hybridized carbons (Fsp3) is 0.440. The summed E-state index contributed by atoms with van der Waals surface area (Å²) in [6.07, 6.45) is 15.3. The highest BCUT2D eigenvalue weighted by atomic mass is 16.1. The van der Waals surface area contributed by atoms with Crippen LogP contribution < -0.4 is 10.6 Å². The highest BCUT2D eigenvalue weighted by Crippen LogP contribution is 2.62. The molecule has 3 unspecified atom stereocenters. The number of rotatable bonds is 6. The number of hydrogen-bond donors (Lipinski definition) is 1. The van der Waals surface area contributed by atoms with Gasteiger partial charge in [0.1, 0.15) is 5.82 Å². The van der Waals surface area contributed by atoms with E-state index in [9.17, 15) is 4.79 Å². The van der Waals surface area contributed by atoms with Gasteiger partial charge in [-0.05, 0) is 66.7 Å². The Morgan fingerprint density at radius 2 is 2.03 bits per heavy atom. The van der Waals surface area contributed by atoms with Crippen molar-refractivity contribution in [2.75, 3.05) is 23.7 Å². The van der Waals surface area contributed by atoms with Crippen LogP contribution in [0.15, 0.2) is 43.0 Å². The second-order valence-corrected chi connectivity index (χ2v) is 10.3. The largest absolute Gasteiger partial charge is 0.383 e. The zero-order chi connectivity index (χ0) is 22.9. The number of nitrogen functional groups attached to an aromatic ring is 1. The lowest BCUT2D eigenvalue weighted by Gasteiger charge is -2.17. The van der Waals surface area contributed by atoms with Gasteiger partial charge in [-0.25, -0.2) is 19.6 Å². The lowest BCUT2D eigenvalue weighted by atomic mass is 9.96. The molecule has 9 nitrogen and oxygen atoms in total. The van der Waals surface area contributed by atoms with Crippen LogP contribution in [0.5, 0.6) is 0 Å². The van der Waals surface area contributed by atoms with Gasteiger partial charge in [0.2, 0.25) is 11.7 Å². The number of aromatic nitrogens is 6. The molecule has 9 heteroatoms. The first-order valence-corrected chi connectivity index (χ1v) is 12.0. The van der Waals surface area contributed by atoms with Crippen molar-refractivity contribution in [3.8, 4) is 0 Å². The molecule has 0 amide bonds. The summed E-state index contributed by atoms with van der Waals surface area (Å²) in [6, 6.07) is 2.09. The van der Waals surface area contributed by atoms with Gasteiger partial charge in [-0.2, -0.15) is 0 Å². The Balaban J connectivity index is 0.983. The maximum absolute atomic E-state index is 12.7. The number of carbonyl (C=O) groups excluding carboxylic acids is 1. The molecule has 4 aliphatic rings. The summed E-state index contributed by atoms with van der Waals surface area (Å²) < 4.78 is 1.66. The smallest absolute Gasteiger partial charge is 0.225 e. The zero-order valence-corrected chi connectivity index (χ0v) is 18.8. The Labute approximate surface area is 197 Å². The Hall–Kier alpha value is -3.62. The number of nitrogens with zero attached hydrogens (tertiary/aromatic N) is 7. The summed E-state index contributed by atoms with van der Waals surface area (Å²) >= 11 is 0. The van der Waals surface area contributed by atoms with Crippen molar-refractivity contribution in [3.05, 3.63) is 65.4 Å². The molecule has 3 aromatic rings. The number of carbonyl (C=O) groups is 1. The summed E-state index contributed by atoms with van der Waals surface area (Å²) in [4.78, 5) is 28.2. The molecular formula is C25H26N8O. The number of anilines is 2. The summed E-state index contributed by atoms with van der Waals surface area (Å²) in [5.74, 6) is 3.37. The van der Waals surface area contributed by atoms with Gasteiger partial charge >= 0.3 is 0 Å². The third-order valence-corrected chi connectivity index (χ3v) is 8.15. The van der Waals surface area contributed by atoms with Crippen molar-refractivity contribution < 1.29 is 4.79 Å². The van der Waals surface area contributed by atoms with Crippen LogP contribution in [0.2, 0.25) is 0 Å². The molecule has 1 spiro atoms. The molecule has 1 aliphatic heterocycles. The molecule has 2 saturated carbocycles. The van der Waals surface area contributed by atoms with Gasteiger partial charge in [0.05, 0.1) is 12.7 Å². The minimum atomic E-state index is -0.125. The minimum absolute atomic E-state index is 0.125. The van der Waals surface area contributed by atoms with E-state index in [0.29, 0.717) is 24.0 Å². The Morgan fingerprint density at radius 3 is 2.85 bits per heavy atom. The van der Waals surface area contributed by atoms with Crippen molar-refractivity contribution >= 4 is 17.5 Å². The van der Waals surface area contributed by atoms with Crippen molar-refractivity contribution in [1.29, 1.82) is 0 Å². The second kappa shape index (κ2) is 7.19. The Bertz CT molecular complexity index is 1300. The standard InChI is InChI=1S/C25H26N8O/c26-23-19-3-5-25(20(19)4-6-27-23)8-18(25)1-2-22(34)21-14-33(31-30-21)11-15-9-28-24(29-10-15)32-12-16-7-17(16)13-32/h1-2,4,6,9-10,14,16-18H,3,5,7-8,11-13H2,(H2,26,27)/b2-1+/t16?,17?,18?,25-/m0/s1. The first kappa shape index (κ1) is 19.8. The first-order valence-electron chi connectivity index (χ1n) is 12.0. The fourth-order valence-electron chi connectivity index (χ4n) is 6.02. The molecule has 0 radical (unpaired) electrons. The van der Waals surface area contributed by atoms with Crippen LogP contribution in [0.1, 0.15) is 46.4 Å². The molecule has 7 rings (SSSR count). The lowest BCUT2D eigenvalue weighted by molar-refractivity contribution is 0.104. The van der Waals surface area contributed by atoms with Crippen molar-refractivity contribution in [3.63, 3.8) is 0 Å². The zero-order valence-electron chi connectivity index (χ0n) is 18.8. The number of nitrogens with two attached hydrogens (primary N) is 1.